The molecule has 0 radical (unpaired) electrons. The minimum absolute atomic E-state index is 0.405. The molecule has 0 amide bonds. The summed E-state index contributed by atoms with van der Waals surface area (Å²) >= 11 is 18.5. The largest absolute Gasteiger partial charge is 0.171 e. The Kier molecular flexibility index (Phi) is 2.12. The van der Waals surface area contributed by atoms with E-state index in [2.05, 4.69) is 8.75 Å². The van der Waals surface area contributed by atoms with Gasteiger partial charge in [-0.05, 0) is 6.07 Å². The van der Waals surface area contributed by atoms with Crippen LogP contribution in [0, 0.1) is 0 Å². The average molecular weight is 240 g/mol. The van der Waals surface area contributed by atoms with E-state index in [1.165, 1.54) is 0 Å². The maximum Gasteiger partial charge on any atom is 0.126 e. The highest BCUT2D eigenvalue weighted by Crippen LogP contribution is 2.34. The van der Waals surface area contributed by atoms with Crippen molar-refractivity contribution in [3.05, 3.63) is 21.1 Å². The van der Waals surface area contributed by atoms with Crippen molar-refractivity contribution in [2.75, 3.05) is 0 Å². The summed E-state index contributed by atoms with van der Waals surface area (Å²) in [6.07, 6.45) is 0. The molecule has 1 aromatic heterocycles. The first-order valence-corrected chi connectivity index (χ1v) is 4.82. The monoisotopic (exact) mass is 238 g/mol. The van der Waals surface area contributed by atoms with Crippen molar-refractivity contribution in [3.8, 4) is 0 Å². The highest BCUT2D eigenvalue weighted by Gasteiger charge is 2.11. The molecule has 0 aliphatic heterocycles. The van der Waals surface area contributed by atoms with Crippen LogP contribution in [0.2, 0.25) is 15.1 Å². The van der Waals surface area contributed by atoms with Crippen molar-refractivity contribution in [2.24, 2.45) is 0 Å². The van der Waals surface area contributed by atoms with Crippen molar-refractivity contribution in [2.45, 2.75) is 0 Å². The van der Waals surface area contributed by atoms with Gasteiger partial charge in [-0.2, -0.15) is 8.75 Å². The quantitative estimate of drug-likeness (QED) is 0.656. The molecule has 0 spiro atoms. The molecule has 6 heteroatoms. The molecule has 0 saturated heterocycles. The Hall–Kier alpha value is -0.0900. The van der Waals surface area contributed by atoms with Crippen LogP contribution in [-0.4, -0.2) is 8.75 Å². The Morgan fingerprint density at radius 1 is 1.00 bits per heavy atom. The number of fused-ring (bicyclic) bond motifs is 1. The molecule has 0 bridgehead atoms. The predicted octanol–water partition coefficient (Wildman–Crippen LogP) is 3.65. The van der Waals surface area contributed by atoms with Crippen LogP contribution in [0.1, 0.15) is 0 Å². The molecule has 0 N–H and O–H groups in total. The summed E-state index contributed by atoms with van der Waals surface area (Å²) < 4.78 is 7.95. The van der Waals surface area contributed by atoms with Crippen LogP contribution in [0.25, 0.3) is 11.0 Å². The second kappa shape index (κ2) is 3.00. The maximum atomic E-state index is 5.85. The molecule has 0 saturated carbocycles. The second-order valence-electron chi connectivity index (χ2n) is 2.12. The lowest BCUT2D eigenvalue weighted by molar-refractivity contribution is 1.64. The number of hydrogen-bond donors (Lipinski definition) is 0. The van der Waals surface area contributed by atoms with Crippen LogP contribution in [-0.2, 0) is 0 Å². The van der Waals surface area contributed by atoms with Gasteiger partial charge in [-0.25, -0.2) is 0 Å². The van der Waals surface area contributed by atoms with Crippen LogP contribution in [0.4, 0.5) is 0 Å². The molecule has 0 fully saturated rings. The van der Waals surface area contributed by atoms with E-state index in [4.69, 9.17) is 34.8 Å². The van der Waals surface area contributed by atoms with Crippen LogP contribution in [0.15, 0.2) is 6.07 Å². The second-order valence-corrected chi connectivity index (χ2v) is 3.84. The van der Waals surface area contributed by atoms with Gasteiger partial charge in [0.1, 0.15) is 11.0 Å². The lowest BCUT2D eigenvalue weighted by Crippen LogP contribution is -1.75. The fourth-order valence-corrected chi connectivity index (χ4v) is 2.19. The molecule has 0 aliphatic rings. The van der Waals surface area contributed by atoms with Crippen molar-refractivity contribution >= 4 is 57.6 Å². The van der Waals surface area contributed by atoms with E-state index >= 15 is 0 Å². The van der Waals surface area contributed by atoms with Gasteiger partial charge >= 0.3 is 0 Å². The number of aromatic nitrogens is 2. The van der Waals surface area contributed by atoms with E-state index in [1.54, 1.807) is 6.07 Å². The van der Waals surface area contributed by atoms with Crippen molar-refractivity contribution in [1.29, 1.82) is 0 Å². The first kappa shape index (κ1) is 8.51. The van der Waals surface area contributed by atoms with E-state index < -0.39 is 0 Å². The summed E-state index contributed by atoms with van der Waals surface area (Å²) in [5, 5.41) is 1.29. The highest BCUT2D eigenvalue weighted by molar-refractivity contribution is 7.00. The van der Waals surface area contributed by atoms with Crippen LogP contribution in [0.3, 0.4) is 0 Å². The van der Waals surface area contributed by atoms with Gasteiger partial charge in [-0.1, -0.05) is 34.8 Å². The zero-order chi connectivity index (χ0) is 8.72. The van der Waals surface area contributed by atoms with E-state index in [-0.39, 0.29) is 0 Å². The SMILES string of the molecule is Clc1cc(Cl)c2nsnc2c1Cl. The van der Waals surface area contributed by atoms with Gasteiger partial charge in [0.2, 0.25) is 0 Å². The average Bonchev–Trinajstić information content (AvgIpc) is 2.48. The number of nitrogens with zero attached hydrogens (tertiary/aromatic N) is 2. The molecule has 0 atom stereocenters. The molecule has 62 valence electrons. The normalized spacial score (nSPS) is 10.9. The van der Waals surface area contributed by atoms with E-state index in [0.29, 0.717) is 26.1 Å². The summed E-state index contributed by atoms with van der Waals surface area (Å²) in [6, 6.07) is 1.56. The summed E-state index contributed by atoms with van der Waals surface area (Å²) in [5.74, 6) is 0. The van der Waals surface area contributed by atoms with Crippen molar-refractivity contribution < 1.29 is 0 Å². The number of benzene rings is 1. The third-order valence-electron chi connectivity index (χ3n) is 1.39. The standard InChI is InChI=1S/C6HCl3N2S/c7-2-1-3(8)5-6(4(2)9)11-12-10-5/h1H. The van der Waals surface area contributed by atoms with Gasteiger partial charge in [0, 0.05) is 0 Å². The summed E-state index contributed by atoms with van der Waals surface area (Å²) in [4.78, 5) is 0. The predicted molar refractivity (Wildman–Crippen MR) is 52.4 cm³/mol. The zero-order valence-electron chi connectivity index (χ0n) is 5.51. The lowest BCUT2D eigenvalue weighted by atomic mass is 10.3. The van der Waals surface area contributed by atoms with E-state index in [0.717, 1.165) is 11.7 Å². The molecule has 1 heterocycles. The van der Waals surface area contributed by atoms with Gasteiger partial charge < -0.3 is 0 Å². The first-order chi connectivity index (χ1) is 5.70. The molecule has 2 nitrogen and oxygen atoms in total. The lowest BCUT2D eigenvalue weighted by Gasteiger charge is -1.96. The Bertz CT molecular complexity index is 440. The Morgan fingerprint density at radius 3 is 2.42 bits per heavy atom. The Morgan fingerprint density at radius 2 is 1.67 bits per heavy atom. The number of halogens is 3. The molecule has 2 aromatic rings. The third-order valence-corrected chi connectivity index (χ3v) is 2.98. The summed E-state index contributed by atoms with van der Waals surface area (Å²) in [7, 11) is 0. The molecular formula is C6HCl3N2S. The molecule has 1 aromatic carbocycles. The van der Waals surface area contributed by atoms with E-state index in [9.17, 15) is 0 Å². The minimum Gasteiger partial charge on any atom is -0.171 e. The Balaban J connectivity index is 2.97. The third kappa shape index (κ3) is 1.17. The number of hydrogen-bond acceptors (Lipinski definition) is 3. The van der Waals surface area contributed by atoms with Gasteiger partial charge in [0.15, 0.2) is 0 Å². The highest BCUT2D eigenvalue weighted by atomic mass is 35.5. The van der Waals surface area contributed by atoms with Crippen molar-refractivity contribution in [3.63, 3.8) is 0 Å². The molecule has 2 rings (SSSR count). The van der Waals surface area contributed by atoms with E-state index in [1.807, 2.05) is 0 Å². The fourth-order valence-electron chi connectivity index (χ4n) is 0.845. The van der Waals surface area contributed by atoms with Gasteiger partial charge in [-0.15, -0.1) is 0 Å². The fraction of sp³-hybridized carbons (Fsp3) is 0. The van der Waals surface area contributed by atoms with Gasteiger partial charge in [0.05, 0.1) is 26.8 Å². The first-order valence-electron chi connectivity index (χ1n) is 2.96. The van der Waals surface area contributed by atoms with Crippen LogP contribution < -0.4 is 0 Å². The van der Waals surface area contributed by atoms with Crippen LogP contribution in [0.5, 0.6) is 0 Å². The summed E-state index contributed by atoms with van der Waals surface area (Å²) in [5.41, 5.74) is 1.18. The van der Waals surface area contributed by atoms with Crippen molar-refractivity contribution in [1.82, 2.24) is 8.75 Å². The van der Waals surface area contributed by atoms with Gasteiger partial charge in [0.25, 0.3) is 0 Å². The minimum atomic E-state index is 0.405. The topological polar surface area (TPSA) is 25.8 Å². The summed E-state index contributed by atoms with van der Waals surface area (Å²) in [6.45, 7) is 0. The van der Waals surface area contributed by atoms with Gasteiger partial charge in [-0.3, -0.25) is 0 Å². The molecular weight excluding hydrogens is 239 g/mol. The number of rotatable bonds is 0. The van der Waals surface area contributed by atoms with Crippen LogP contribution >= 0.6 is 46.5 Å². The molecule has 12 heavy (non-hydrogen) atoms. The molecule has 0 unspecified atom stereocenters. The molecule has 0 aliphatic carbocycles. The smallest absolute Gasteiger partial charge is 0.126 e. The zero-order valence-corrected chi connectivity index (χ0v) is 8.60. The Labute approximate surface area is 87.4 Å². The maximum absolute atomic E-state index is 5.85.